The number of aromatic nitrogens is 3. The molecule has 0 aliphatic carbocycles. The number of carbonyl (C=O) groups excluding carboxylic acids is 1. The Bertz CT molecular complexity index is 483. The molecule has 0 spiro atoms. The first-order valence-corrected chi connectivity index (χ1v) is 5.26. The van der Waals surface area contributed by atoms with Gasteiger partial charge in [-0.3, -0.25) is 4.79 Å². The summed E-state index contributed by atoms with van der Waals surface area (Å²) in [5.41, 5.74) is 1.30. The van der Waals surface area contributed by atoms with Gasteiger partial charge in [0.15, 0.2) is 6.29 Å². The minimum Gasteiger partial charge on any atom is -0.296 e. The van der Waals surface area contributed by atoms with Crippen molar-refractivity contribution in [2.45, 2.75) is 26.7 Å². The van der Waals surface area contributed by atoms with Gasteiger partial charge >= 0.3 is 0 Å². The summed E-state index contributed by atoms with van der Waals surface area (Å²) in [7, 11) is 0. The lowest BCUT2D eigenvalue weighted by atomic mass is 10.2. The molecule has 2 aromatic heterocycles. The van der Waals surface area contributed by atoms with Crippen LogP contribution in [-0.2, 0) is 0 Å². The molecular formula is C9H11N3OS. The van der Waals surface area contributed by atoms with Crippen molar-refractivity contribution in [1.82, 2.24) is 14.6 Å². The molecule has 0 saturated heterocycles. The molecule has 2 aromatic rings. The topological polar surface area (TPSA) is 47.3 Å². The summed E-state index contributed by atoms with van der Waals surface area (Å²) in [5.74, 6) is 0.376. The number of fused-ring (bicyclic) bond motifs is 1. The van der Waals surface area contributed by atoms with Gasteiger partial charge in [0.2, 0.25) is 4.96 Å². The lowest BCUT2D eigenvalue weighted by molar-refractivity contribution is 0.111. The van der Waals surface area contributed by atoms with Crippen molar-refractivity contribution in [2.75, 3.05) is 0 Å². The lowest BCUT2D eigenvalue weighted by Gasteiger charge is -1.94. The van der Waals surface area contributed by atoms with E-state index in [0.29, 0.717) is 11.6 Å². The lowest BCUT2D eigenvalue weighted by Crippen LogP contribution is -1.95. The predicted molar refractivity (Wildman–Crippen MR) is 55.1 cm³/mol. The zero-order chi connectivity index (χ0) is 10.3. The smallest absolute Gasteiger partial charge is 0.213 e. The van der Waals surface area contributed by atoms with Crippen LogP contribution in [-0.4, -0.2) is 20.9 Å². The third kappa shape index (κ3) is 1.24. The fraction of sp³-hybridized carbons (Fsp3) is 0.444. The van der Waals surface area contributed by atoms with Crippen LogP contribution in [0.15, 0.2) is 0 Å². The number of aryl methyl sites for hydroxylation is 1. The summed E-state index contributed by atoms with van der Waals surface area (Å²) in [6.07, 6.45) is 0.805. The Labute approximate surface area is 85.6 Å². The fourth-order valence-corrected chi connectivity index (χ4v) is 2.20. The monoisotopic (exact) mass is 209 g/mol. The number of rotatable bonds is 2. The molecule has 2 heterocycles. The number of hydrogen-bond acceptors (Lipinski definition) is 4. The Morgan fingerprint density at radius 1 is 1.50 bits per heavy atom. The van der Waals surface area contributed by atoms with E-state index in [1.807, 2.05) is 6.92 Å². The van der Waals surface area contributed by atoms with E-state index in [9.17, 15) is 4.79 Å². The van der Waals surface area contributed by atoms with E-state index < -0.39 is 0 Å². The first kappa shape index (κ1) is 9.33. The Morgan fingerprint density at radius 3 is 2.79 bits per heavy atom. The van der Waals surface area contributed by atoms with E-state index in [1.54, 1.807) is 4.52 Å². The number of hydrogen-bond donors (Lipinski definition) is 0. The van der Waals surface area contributed by atoms with Crippen LogP contribution in [0.25, 0.3) is 4.96 Å². The first-order valence-electron chi connectivity index (χ1n) is 4.44. The number of carbonyl (C=O) groups is 1. The highest BCUT2D eigenvalue weighted by Crippen LogP contribution is 2.23. The van der Waals surface area contributed by atoms with Crippen LogP contribution in [0.1, 0.15) is 41.0 Å². The van der Waals surface area contributed by atoms with Gasteiger partial charge < -0.3 is 0 Å². The van der Waals surface area contributed by atoms with Crippen molar-refractivity contribution in [3.63, 3.8) is 0 Å². The van der Waals surface area contributed by atoms with Gasteiger partial charge in [0.25, 0.3) is 0 Å². The second kappa shape index (κ2) is 3.16. The Hall–Kier alpha value is -1.23. The molecule has 0 bridgehead atoms. The molecular weight excluding hydrogens is 198 g/mol. The minimum absolute atomic E-state index is 0.376. The van der Waals surface area contributed by atoms with Crippen molar-refractivity contribution in [2.24, 2.45) is 0 Å². The molecule has 14 heavy (non-hydrogen) atoms. The van der Waals surface area contributed by atoms with Crippen LogP contribution < -0.4 is 0 Å². The maximum Gasteiger partial charge on any atom is 0.213 e. The number of imidazole rings is 1. The summed E-state index contributed by atoms with van der Waals surface area (Å²) < 4.78 is 1.63. The van der Waals surface area contributed by atoms with Crippen LogP contribution in [0.3, 0.4) is 0 Å². The van der Waals surface area contributed by atoms with Crippen LogP contribution in [0, 0.1) is 6.92 Å². The molecule has 0 amide bonds. The number of aldehydes is 1. The normalized spacial score (nSPS) is 11.4. The van der Waals surface area contributed by atoms with Gasteiger partial charge in [-0.05, 0) is 6.92 Å². The highest BCUT2D eigenvalue weighted by molar-refractivity contribution is 7.16. The van der Waals surface area contributed by atoms with Crippen molar-refractivity contribution in [3.05, 3.63) is 16.4 Å². The summed E-state index contributed by atoms with van der Waals surface area (Å²) in [6, 6.07) is 0. The highest BCUT2D eigenvalue weighted by atomic mass is 32.1. The largest absolute Gasteiger partial charge is 0.296 e. The molecule has 0 radical (unpaired) electrons. The molecule has 0 N–H and O–H groups in total. The molecule has 0 aromatic carbocycles. The van der Waals surface area contributed by atoms with Crippen molar-refractivity contribution in [1.29, 1.82) is 0 Å². The van der Waals surface area contributed by atoms with E-state index >= 15 is 0 Å². The second-order valence-corrected chi connectivity index (χ2v) is 4.48. The van der Waals surface area contributed by atoms with Crippen LogP contribution in [0.4, 0.5) is 0 Å². The molecule has 4 nitrogen and oxygen atoms in total. The molecule has 2 rings (SSSR count). The van der Waals surface area contributed by atoms with Crippen molar-refractivity contribution >= 4 is 22.6 Å². The van der Waals surface area contributed by atoms with Gasteiger partial charge in [0.05, 0.1) is 5.69 Å². The SMILES string of the molecule is Cc1nc2sc(C(C)C)nn2c1C=O. The molecule has 0 atom stereocenters. The quantitative estimate of drug-likeness (QED) is 0.711. The molecule has 0 unspecified atom stereocenters. The summed E-state index contributed by atoms with van der Waals surface area (Å²) in [6.45, 7) is 5.97. The average Bonchev–Trinajstić information content (AvgIpc) is 2.60. The van der Waals surface area contributed by atoms with E-state index in [4.69, 9.17) is 0 Å². The standard InChI is InChI=1S/C9H11N3OS/c1-5(2)8-11-12-7(4-13)6(3)10-9(12)14-8/h4-5H,1-3H3. The summed E-state index contributed by atoms with van der Waals surface area (Å²) in [4.78, 5) is 15.9. The summed E-state index contributed by atoms with van der Waals surface area (Å²) >= 11 is 1.54. The van der Waals surface area contributed by atoms with E-state index in [-0.39, 0.29) is 0 Å². The first-order chi connectivity index (χ1) is 6.63. The molecule has 74 valence electrons. The third-order valence-corrected chi connectivity index (χ3v) is 3.25. The summed E-state index contributed by atoms with van der Waals surface area (Å²) in [5, 5.41) is 5.36. The van der Waals surface area contributed by atoms with E-state index in [1.165, 1.54) is 11.3 Å². The second-order valence-electron chi connectivity index (χ2n) is 3.49. The highest BCUT2D eigenvalue weighted by Gasteiger charge is 2.14. The average molecular weight is 209 g/mol. The van der Waals surface area contributed by atoms with Crippen molar-refractivity contribution in [3.8, 4) is 0 Å². The third-order valence-electron chi connectivity index (χ3n) is 2.04. The Kier molecular flexibility index (Phi) is 2.11. The van der Waals surface area contributed by atoms with Gasteiger partial charge in [-0.2, -0.15) is 9.61 Å². The Balaban J connectivity index is 2.68. The van der Waals surface area contributed by atoms with Crippen molar-refractivity contribution < 1.29 is 4.79 Å². The van der Waals surface area contributed by atoms with Gasteiger partial charge in [0.1, 0.15) is 10.7 Å². The number of nitrogens with zero attached hydrogens (tertiary/aromatic N) is 3. The van der Waals surface area contributed by atoms with Crippen LogP contribution in [0.5, 0.6) is 0 Å². The van der Waals surface area contributed by atoms with E-state index in [2.05, 4.69) is 23.9 Å². The van der Waals surface area contributed by atoms with Crippen LogP contribution in [0.2, 0.25) is 0 Å². The molecule has 0 fully saturated rings. The fourth-order valence-electron chi connectivity index (χ4n) is 1.25. The molecule has 0 saturated carbocycles. The Morgan fingerprint density at radius 2 is 2.21 bits per heavy atom. The zero-order valence-electron chi connectivity index (χ0n) is 8.31. The minimum atomic E-state index is 0.376. The van der Waals surface area contributed by atoms with Gasteiger partial charge in [0, 0.05) is 5.92 Å². The maximum absolute atomic E-state index is 10.8. The van der Waals surface area contributed by atoms with E-state index in [0.717, 1.165) is 21.9 Å². The van der Waals surface area contributed by atoms with Gasteiger partial charge in [-0.25, -0.2) is 4.98 Å². The predicted octanol–water partition coefficient (Wildman–Crippen LogP) is 2.04. The molecule has 0 aliphatic rings. The zero-order valence-corrected chi connectivity index (χ0v) is 9.13. The molecule has 0 aliphatic heterocycles. The van der Waals surface area contributed by atoms with Gasteiger partial charge in [-0.1, -0.05) is 25.2 Å². The van der Waals surface area contributed by atoms with Crippen LogP contribution >= 0.6 is 11.3 Å². The van der Waals surface area contributed by atoms with Gasteiger partial charge in [-0.15, -0.1) is 0 Å². The maximum atomic E-state index is 10.8. The molecule has 5 heteroatoms.